The van der Waals surface area contributed by atoms with Gasteiger partial charge >= 0.3 is 5.97 Å². The lowest BCUT2D eigenvalue weighted by Gasteiger charge is -2.33. The largest absolute Gasteiger partial charge is 0.465 e. The Labute approximate surface area is 200 Å². The Balaban J connectivity index is 1.51. The molecule has 1 aliphatic rings. The molecule has 1 aromatic heterocycles. The normalized spacial score (nSPS) is 16.7. The molecule has 0 saturated heterocycles. The van der Waals surface area contributed by atoms with Crippen LogP contribution in [-0.4, -0.2) is 39.1 Å². The van der Waals surface area contributed by atoms with E-state index in [9.17, 15) is 9.59 Å². The molecule has 2 atom stereocenters. The van der Waals surface area contributed by atoms with Crippen molar-refractivity contribution in [1.29, 1.82) is 0 Å². The van der Waals surface area contributed by atoms with Crippen molar-refractivity contribution in [2.75, 3.05) is 17.9 Å². The van der Waals surface area contributed by atoms with Gasteiger partial charge in [0.2, 0.25) is 11.1 Å². The Morgan fingerprint density at radius 3 is 2.29 bits per heavy atom. The van der Waals surface area contributed by atoms with Crippen molar-refractivity contribution in [3.05, 3.63) is 96.1 Å². The van der Waals surface area contributed by atoms with Crippen LogP contribution in [0.4, 0.5) is 5.69 Å². The van der Waals surface area contributed by atoms with Crippen molar-refractivity contribution in [2.24, 2.45) is 0 Å². The van der Waals surface area contributed by atoms with Gasteiger partial charge in [-0.1, -0.05) is 72.4 Å². The third-order valence-electron chi connectivity index (χ3n) is 5.46. The van der Waals surface area contributed by atoms with Crippen LogP contribution in [0.2, 0.25) is 0 Å². The van der Waals surface area contributed by atoms with E-state index in [0.29, 0.717) is 22.2 Å². The number of thioether (sulfide) groups is 1. The highest BCUT2D eigenvalue weighted by Gasteiger charge is 2.38. The summed E-state index contributed by atoms with van der Waals surface area (Å²) < 4.78 is 6.62. The molecule has 0 radical (unpaired) electrons. The van der Waals surface area contributed by atoms with Crippen LogP contribution in [0.5, 0.6) is 0 Å². The number of methoxy groups -OCH3 is 1. The molecule has 0 unspecified atom stereocenters. The molecule has 170 valence electrons. The van der Waals surface area contributed by atoms with E-state index in [1.807, 2.05) is 77.5 Å². The predicted molar refractivity (Wildman–Crippen MR) is 130 cm³/mol. The summed E-state index contributed by atoms with van der Waals surface area (Å²) in [7, 11) is 1.35. The maximum absolute atomic E-state index is 13.4. The number of ether oxygens (including phenoxy) is 1. The molecule has 0 spiro atoms. The smallest absolute Gasteiger partial charge is 0.337 e. The minimum Gasteiger partial charge on any atom is -0.465 e. The number of rotatable bonds is 5. The molecule has 0 saturated carbocycles. The first-order valence-corrected chi connectivity index (χ1v) is 11.5. The first-order chi connectivity index (χ1) is 16.6. The summed E-state index contributed by atoms with van der Waals surface area (Å²) in [6.07, 6.45) is 0. The minimum absolute atomic E-state index is 0.166. The van der Waals surface area contributed by atoms with Crippen LogP contribution >= 0.6 is 11.8 Å². The molecule has 5 rings (SSSR count). The molecule has 9 heteroatoms. The second-order valence-electron chi connectivity index (χ2n) is 7.62. The van der Waals surface area contributed by atoms with E-state index in [2.05, 4.69) is 20.9 Å². The number of para-hydroxylation sites is 1. The molecule has 8 nitrogen and oxygen atoms in total. The molecule has 1 amide bonds. The molecule has 34 heavy (non-hydrogen) atoms. The maximum atomic E-state index is 13.4. The van der Waals surface area contributed by atoms with Crippen LogP contribution in [0, 0.1) is 0 Å². The zero-order valence-corrected chi connectivity index (χ0v) is 19.0. The first kappa shape index (κ1) is 21.7. The number of hydrogen-bond acceptors (Lipinski definition) is 7. The standard InChI is InChI=1S/C25H21N5O3S/c1-33-24(32)18-14-12-16(13-15-18)20-21(23(31)26-19-10-6-3-7-11-19)34-25-28-27-22(30(25)29-20)17-8-4-2-5-9-17/h2-15,20-21,29H,1H3,(H,26,31)/t20-,21+/m0/s1. The number of fused-ring (bicyclic) bond motifs is 1. The molecule has 0 bridgehead atoms. The van der Waals surface area contributed by atoms with E-state index >= 15 is 0 Å². The van der Waals surface area contributed by atoms with E-state index < -0.39 is 17.3 Å². The highest BCUT2D eigenvalue weighted by Crippen LogP contribution is 2.39. The lowest BCUT2D eigenvalue weighted by atomic mass is 10.0. The van der Waals surface area contributed by atoms with Gasteiger partial charge in [0.1, 0.15) is 5.25 Å². The topological polar surface area (TPSA) is 98.1 Å². The van der Waals surface area contributed by atoms with Crippen LogP contribution in [-0.2, 0) is 9.53 Å². The molecule has 0 fully saturated rings. The first-order valence-electron chi connectivity index (χ1n) is 10.6. The van der Waals surface area contributed by atoms with Crippen molar-refractivity contribution in [3.8, 4) is 11.4 Å². The molecule has 3 aromatic carbocycles. The lowest BCUT2D eigenvalue weighted by Crippen LogP contribution is -2.41. The van der Waals surface area contributed by atoms with E-state index in [-0.39, 0.29) is 5.91 Å². The highest BCUT2D eigenvalue weighted by molar-refractivity contribution is 8.00. The van der Waals surface area contributed by atoms with Crippen molar-refractivity contribution >= 4 is 29.3 Å². The average Bonchev–Trinajstić information content (AvgIpc) is 3.31. The molecule has 4 aromatic rings. The Morgan fingerprint density at radius 1 is 0.941 bits per heavy atom. The van der Waals surface area contributed by atoms with Gasteiger partial charge in [-0.15, -0.1) is 10.2 Å². The zero-order valence-electron chi connectivity index (χ0n) is 18.2. The summed E-state index contributed by atoms with van der Waals surface area (Å²) >= 11 is 1.34. The molecule has 2 heterocycles. The van der Waals surface area contributed by atoms with Crippen molar-refractivity contribution in [3.63, 3.8) is 0 Å². The summed E-state index contributed by atoms with van der Waals surface area (Å²) in [5.74, 6) is 0.0748. The highest BCUT2D eigenvalue weighted by atomic mass is 32.2. The average molecular weight is 472 g/mol. The Kier molecular flexibility index (Phi) is 6.01. The summed E-state index contributed by atoms with van der Waals surface area (Å²) in [6.45, 7) is 0. The van der Waals surface area contributed by atoms with Crippen LogP contribution in [0.25, 0.3) is 11.4 Å². The quantitative estimate of drug-likeness (QED) is 0.422. The molecular formula is C25H21N5O3S. The van der Waals surface area contributed by atoms with Gasteiger partial charge in [-0.2, -0.15) is 0 Å². The van der Waals surface area contributed by atoms with E-state index in [0.717, 1.165) is 11.1 Å². The molecule has 1 aliphatic heterocycles. The number of nitrogens with zero attached hydrogens (tertiary/aromatic N) is 3. The van der Waals surface area contributed by atoms with E-state index in [4.69, 9.17) is 4.74 Å². The van der Waals surface area contributed by atoms with Crippen molar-refractivity contribution in [2.45, 2.75) is 16.4 Å². The third kappa shape index (κ3) is 4.25. The zero-order chi connectivity index (χ0) is 23.5. The van der Waals surface area contributed by atoms with Gasteiger partial charge in [-0.25, -0.2) is 9.47 Å². The van der Waals surface area contributed by atoms with Gasteiger partial charge in [0, 0.05) is 11.3 Å². The van der Waals surface area contributed by atoms with E-state index in [1.165, 1.54) is 18.9 Å². The summed E-state index contributed by atoms with van der Waals surface area (Å²) in [6, 6.07) is 25.7. The lowest BCUT2D eigenvalue weighted by molar-refractivity contribution is -0.116. The van der Waals surface area contributed by atoms with Gasteiger partial charge in [0.25, 0.3) is 0 Å². The number of benzene rings is 3. The third-order valence-corrected chi connectivity index (χ3v) is 6.67. The monoisotopic (exact) mass is 471 g/mol. The van der Waals surface area contributed by atoms with Gasteiger partial charge in [-0.05, 0) is 29.8 Å². The van der Waals surface area contributed by atoms with E-state index in [1.54, 1.807) is 12.1 Å². The van der Waals surface area contributed by atoms with Gasteiger partial charge in [-0.3, -0.25) is 4.79 Å². The fraction of sp³-hybridized carbons (Fsp3) is 0.120. The molecular weight excluding hydrogens is 450 g/mol. The number of carbonyl (C=O) groups is 2. The van der Waals surface area contributed by atoms with Crippen LogP contribution in [0.15, 0.2) is 90.1 Å². The van der Waals surface area contributed by atoms with Crippen LogP contribution < -0.4 is 10.7 Å². The summed E-state index contributed by atoms with van der Waals surface area (Å²) in [5, 5.41) is 11.7. The van der Waals surface area contributed by atoms with Crippen LogP contribution in [0.3, 0.4) is 0 Å². The number of amides is 1. The maximum Gasteiger partial charge on any atom is 0.337 e. The number of carbonyl (C=O) groups excluding carboxylic acids is 2. The Bertz CT molecular complexity index is 1310. The van der Waals surface area contributed by atoms with Crippen molar-refractivity contribution < 1.29 is 14.3 Å². The van der Waals surface area contributed by atoms with Gasteiger partial charge in [0.15, 0.2) is 5.82 Å². The minimum atomic E-state index is -0.537. The number of anilines is 1. The van der Waals surface area contributed by atoms with Gasteiger partial charge < -0.3 is 15.5 Å². The fourth-order valence-electron chi connectivity index (χ4n) is 3.76. The van der Waals surface area contributed by atoms with Gasteiger partial charge in [0.05, 0.1) is 18.7 Å². The fourth-order valence-corrected chi connectivity index (χ4v) is 4.84. The number of aromatic nitrogens is 3. The second kappa shape index (κ2) is 9.40. The molecule has 0 aliphatic carbocycles. The van der Waals surface area contributed by atoms with Crippen molar-refractivity contribution in [1.82, 2.24) is 14.9 Å². The SMILES string of the molecule is COC(=O)c1ccc([C@@H]2Nn3c(nnc3-c3ccccc3)S[C@H]2C(=O)Nc2ccccc2)cc1. The summed E-state index contributed by atoms with van der Waals surface area (Å²) in [5.41, 5.74) is 6.33. The Morgan fingerprint density at radius 2 is 1.62 bits per heavy atom. The Hall–Kier alpha value is -4.11. The predicted octanol–water partition coefficient (Wildman–Crippen LogP) is 4.13. The number of esters is 1. The second-order valence-corrected chi connectivity index (χ2v) is 8.73. The number of hydrogen-bond donors (Lipinski definition) is 2. The van der Waals surface area contributed by atoms with Crippen LogP contribution in [0.1, 0.15) is 22.0 Å². The molecule has 2 N–H and O–H groups in total. The summed E-state index contributed by atoms with van der Waals surface area (Å²) in [4.78, 5) is 25.2. The number of nitrogens with one attached hydrogen (secondary N) is 2.